The predicted octanol–water partition coefficient (Wildman–Crippen LogP) is 3.24. The fourth-order valence-electron chi connectivity index (χ4n) is 3.52. The van der Waals surface area contributed by atoms with E-state index in [1.165, 1.54) is 17.6 Å². The summed E-state index contributed by atoms with van der Waals surface area (Å²) < 4.78 is 0. The van der Waals surface area contributed by atoms with Gasteiger partial charge in [-0.1, -0.05) is 18.2 Å². The van der Waals surface area contributed by atoms with Gasteiger partial charge in [-0.15, -0.1) is 0 Å². The zero-order valence-corrected chi connectivity index (χ0v) is 16.7. The summed E-state index contributed by atoms with van der Waals surface area (Å²) in [4.78, 5) is 25.6. The van der Waals surface area contributed by atoms with Crippen LogP contribution in [0.2, 0.25) is 0 Å². The number of hydrogen-bond donors (Lipinski definition) is 1. The molecule has 7 nitrogen and oxygen atoms in total. The van der Waals surface area contributed by atoms with E-state index in [-0.39, 0.29) is 5.91 Å². The van der Waals surface area contributed by atoms with Crippen LogP contribution in [0.1, 0.15) is 21.6 Å². The number of benzene rings is 2. The second-order valence-electron chi connectivity index (χ2n) is 7.22. The number of nitrogens with zero attached hydrogens (tertiary/aromatic N) is 5. The number of carbonyl (C=O) groups is 1. The van der Waals surface area contributed by atoms with Crippen LogP contribution in [0.5, 0.6) is 0 Å². The normalized spacial score (nSPS) is 13.6. The molecule has 4 rings (SSSR count). The maximum atomic E-state index is 12.6. The van der Waals surface area contributed by atoms with Crippen LogP contribution < -0.4 is 15.1 Å². The summed E-state index contributed by atoms with van der Waals surface area (Å²) in [6.45, 7) is 5.50. The predicted molar refractivity (Wildman–Crippen MR) is 117 cm³/mol. The van der Waals surface area contributed by atoms with E-state index in [1.54, 1.807) is 30.3 Å². The molecule has 2 heterocycles. The second kappa shape index (κ2) is 8.62. The van der Waals surface area contributed by atoms with E-state index >= 15 is 0 Å². The number of aromatic nitrogens is 2. The Morgan fingerprint density at radius 1 is 1.00 bits per heavy atom. The Morgan fingerprint density at radius 2 is 1.77 bits per heavy atom. The number of amides is 1. The van der Waals surface area contributed by atoms with Gasteiger partial charge in [0.2, 0.25) is 0 Å². The van der Waals surface area contributed by atoms with Gasteiger partial charge in [0.05, 0.1) is 11.6 Å². The molecule has 1 aliphatic rings. The molecule has 0 saturated carbocycles. The van der Waals surface area contributed by atoms with Crippen molar-refractivity contribution >= 4 is 23.1 Å². The van der Waals surface area contributed by atoms with Gasteiger partial charge >= 0.3 is 0 Å². The highest BCUT2D eigenvalue weighted by Crippen LogP contribution is 2.21. The van der Waals surface area contributed by atoms with Crippen molar-refractivity contribution in [3.63, 3.8) is 0 Å². The Hall–Kier alpha value is -3.92. The Labute approximate surface area is 175 Å². The molecule has 7 heteroatoms. The van der Waals surface area contributed by atoms with Crippen molar-refractivity contribution in [2.45, 2.75) is 6.92 Å². The molecule has 3 aromatic rings. The molecule has 0 bridgehead atoms. The fraction of sp³-hybridized carbons (Fsp3) is 0.217. The van der Waals surface area contributed by atoms with Crippen molar-refractivity contribution in [3.8, 4) is 6.07 Å². The largest absolute Gasteiger partial charge is 0.368 e. The SMILES string of the molecule is Cc1cccc(N2CCN(c3cc(C(=O)Nc4cccc(C#N)c4)ncn3)CC2)c1. The fourth-order valence-corrected chi connectivity index (χ4v) is 3.52. The highest BCUT2D eigenvalue weighted by atomic mass is 16.1. The standard InChI is InChI=1S/C23H22N6O/c1-17-4-2-7-20(12-17)28-8-10-29(11-9-28)22-14-21(25-16-26-22)23(30)27-19-6-3-5-18(13-19)15-24/h2-7,12-14,16H,8-11H2,1H3,(H,27,30). The average Bonchev–Trinajstić information content (AvgIpc) is 2.79. The molecule has 0 aliphatic carbocycles. The Bertz CT molecular complexity index is 1100. The van der Waals surface area contributed by atoms with Gasteiger partial charge < -0.3 is 15.1 Å². The van der Waals surface area contributed by atoms with Crippen LogP contribution in [0.25, 0.3) is 0 Å². The smallest absolute Gasteiger partial charge is 0.274 e. The number of carbonyl (C=O) groups excluding carboxylic acids is 1. The van der Waals surface area contributed by atoms with Crippen molar-refractivity contribution in [2.24, 2.45) is 0 Å². The summed E-state index contributed by atoms with van der Waals surface area (Å²) >= 11 is 0. The lowest BCUT2D eigenvalue weighted by Crippen LogP contribution is -2.47. The van der Waals surface area contributed by atoms with Gasteiger partial charge in [-0.3, -0.25) is 4.79 Å². The number of anilines is 3. The zero-order chi connectivity index (χ0) is 20.9. The van der Waals surface area contributed by atoms with Crippen molar-refractivity contribution < 1.29 is 4.79 Å². The second-order valence-corrected chi connectivity index (χ2v) is 7.22. The Balaban J connectivity index is 1.42. The molecule has 1 aromatic heterocycles. The number of hydrogen-bond acceptors (Lipinski definition) is 6. The van der Waals surface area contributed by atoms with Crippen LogP contribution >= 0.6 is 0 Å². The molecule has 0 spiro atoms. The van der Waals surface area contributed by atoms with E-state index in [1.807, 2.05) is 0 Å². The first kappa shape index (κ1) is 19.4. The van der Waals surface area contributed by atoms with E-state index in [0.717, 1.165) is 32.0 Å². The first-order valence-corrected chi connectivity index (χ1v) is 9.82. The molecule has 150 valence electrons. The van der Waals surface area contributed by atoms with Crippen LogP contribution in [0, 0.1) is 18.3 Å². The molecular formula is C23H22N6O. The monoisotopic (exact) mass is 398 g/mol. The van der Waals surface area contributed by atoms with Crippen LogP contribution in [0.4, 0.5) is 17.2 Å². The molecule has 1 fully saturated rings. The van der Waals surface area contributed by atoms with Crippen LogP contribution in [0.15, 0.2) is 60.9 Å². The Morgan fingerprint density at radius 3 is 2.53 bits per heavy atom. The quantitative estimate of drug-likeness (QED) is 0.726. The third-order valence-corrected chi connectivity index (χ3v) is 5.11. The number of aryl methyl sites for hydroxylation is 1. The lowest BCUT2D eigenvalue weighted by molar-refractivity contribution is 0.102. The topological polar surface area (TPSA) is 85.1 Å². The van der Waals surface area contributed by atoms with E-state index in [2.05, 4.69) is 62.3 Å². The molecular weight excluding hydrogens is 376 g/mol. The van der Waals surface area contributed by atoms with Crippen molar-refractivity contribution in [1.29, 1.82) is 5.26 Å². The maximum Gasteiger partial charge on any atom is 0.274 e. The summed E-state index contributed by atoms with van der Waals surface area (Å²) in [7, 11) is 0. The number of rotatable bonds is 4. The molecule has 1 amide bonds. The molecule has 1 saturated heterocycles. The third kappa shape index (κ3) is 4.39. The van der Waals surface area contributed by atoms with Gasteiger partial charge in [0.15, 0.2) is 0 Å². The minimum absolute atomic E-state index is 0.295. The molecule has 30 heavy (non-hydrogen) atoms. The summed E-state index contributed by atoms with van der Waals surface area (Å²) in [6.07, 6.45) is 1.42. The molecule has 0 atom stereocenters. The molecule has 0 radical (unpaired) electrons. The van der Waals surface area contributed by atoms with Crippen molar-refractivity contribution in [3.05, 3.63) is 77.7 Å². The van der Waals surface area contributed by atoms with Crippen molar-refractivity contribution in [1.82, 2.24) is 9.97 Å². The third-order valence-electron chi connectivity index (χ3n) is 5.11. The van der Waals surface area contributed by atoms with Crippen LogP contribution in [0.3, 0.4) is 0 Å². The number of nitriles is 1. The lowest BCUT2D eigenvalue weighted by Gasteiger charge is -2.36. The van der Waals surface area contributed by atoms with Crippen LogP contribution in [-0.2, 0) is 0 Å². The first-order chi connectivity index (χ1) is 14.6. The molecule has 1 aliphatic heterocycles. The summed E-state index contributed by atoms with van der Waals surface area (Å²) in [5.74, 6) is 0.414. The van der Waals surface area contributed by atoms with Gasteiger partial charge in [0.25, 0.3) is 5.91 Å². The van der Waals surface area contributed by atoms with Crippen LogP contribution in [-0.4, -0.2) is 42.1 Å². The lowest BCUT2D eigenvalue weighted by atomic mass is 10.2. The van der Waals surface area contributed by atoms with Gasteiger partial charge in [-0.2, -0.15) is 5.26 Å². The molecule has 2 aromatic carbocycles. The van der Waals surface area contributed by atoms with Gasteiger partial charge in [0.1, 0.15) is 17.8 Å². The first-order valence-electron chi connectivity index (χ1n) is 9.82. The number of piperazine rings is 1. The van der Waals surface area contributed by atoms with E-state index in [0.29, 0.717) is 16.9 Å². The van der Waals surface area contributed by atoms with Gasteiger partial charge in [-0.25, -0.2) is 9.97 Å². The maximum absolute atomic E-state index is 12.6. The highest BCUT2D eigenvalue weighted by Gasteiger charge is 2.20. The highest BCUT2D eigenvalue weighted by molar-refractivity contribution is 6.03. The summed E-state index contributed by atoms with van der Waals surface area (Å²) in [5, 5.41) is 11.8. The summed E-state index contributed by atoms with van der Waals surface area (Å²) in [6, 6.07) is 19.1. The average molecular weight is 398 g/mol. The zero-order valence-electron chi connectivity index (χ0n) is 16.7. The van der Waals surface area contributed by atoms with Gasteiger partial charge in [0, 0.05) is 43.6 Å². The van der Waals surface area contributed by atoms with E-state index in [4.69, 9.17) is 5.26 Å². The summed E-state index contributed by atoms with van der Waals surface area (Å²) in [5.41, 5.74) is 3.83. The minimum Gasteiger partial charge on any atom is -0.368 e. The van der Waals surface area contributed by atoms with Crippen molar-refractivity contribution in [2.75, 3.05) is 41.3 Å². The van der Waals surface area contributed by atoms with E-state index in [9.17, 15) is 4.79 Å². The van der Waals surface area contributed by atoms with E-state index < -0.39 is 0 Å². The number of nitrogens with one attached hydrogen (secondary N) is 1. The minimum atomic E-state index is -0.327. The molecule has 0 unspecified atom stereocenters. The molecule has 1 N–H and O–H groups in total. The van der Waals surface area contributed by atoms with Gasteiger partial charge in [-0.05, 0) is 42.8 Å². The Kier molecular flexibility index (Phi) is 5.57.